The van der Waals surface area contributed by atoms with Gasteiger partial charge in [-0.3, -0.25) is 0 Å². The average molecular weight is 313 g/mol. The van der Waals surface area contributed by atoms with Gasteiger partial charge in [0.2, 0.25) is 20.0 Å². The van der Waals surface area contributed by atoms with Gasteiger partial charge in [0.05, 0.1) is 6.26 Å². The van der Waals surface area contributed by atoms with Crippen molar-refractivity contribution in [2.24, 2.45) is 5.73 Å². The molecule has 0 unspecified atom stereocenters. The fourth-order valence-corrected chi connectivity index (χ4v) is 3.89. The molecular weight excluding hydrogens is 298 g/mol. The highest BCUT2D eigenvalue weighted by molar-refractivity contribution is 7.91. The fourth-order valence-electron chi connectivity index (χ4n) is 1.11. The molecule has 0 bridgehead atoms. The van der Waals surface area contributed by atoms with E-state index in [1.54, 1.807) is 6.07 Å². The van der Waals surface area contributed by atoms with Crippen LogP contribution in [0.4, 0.5) is 0 Å². The van der Waals surface area contributed by atoms with Crippen molar-refractivity contribution in [1.82, 2.24) is 9.44 Å². The smallest absolute Gasteiger partial charge is 0.250 e. The highest BCUT2D eigenvalue weighted by Crippen LogP contribution is 2.20. The van der Waals surface area contributed by atoms with E-state index in [1.165, 1.54) is 6.07 Å². The third-order valence-electron chi connectivity index (χ3n) is 1.88. The normalized spacial score (nSPS) is 12.8. The molecule has 18 heavy (non-hydrogen) atoms. The summed E-state index contributed by atoms with van der Waals surface area (Å²) in [5, 5.41) is 0. The van der Waals surface area contributed by atoms with Gasteiger partial charge in [-0.2, -0.15) is 0 Å². The minimum Gasteiger partial charge on any atom is -0.326 e. The van der Waals surface area contributed by atoms with Crippen LogP contribution in [-0.2, 0) is 26.6 Å². The second-order valence-electron chi connectivity index (χ2n) is 3.49. The Kier molecular flexibility index (Phi) is 5.25. The van der Waals surface area contributed by atoms with Gasteiger partial charge < -0.3 is 5.73 Å². The maximum Gasteiger partial charge on any atom is 0.250 e. The first kappa shape index (κ1) is 15.5. The molecule has 4 N–H and O–H groups in total. The third kappa shape index (κ3) is 5.00. The molecule has 0 aliphatic rings. The number of thiophene rings is 1. The lowest BCUT2D eigenvalue weighted by Gasteiger charge is -2.05. The van der Waals surface area contributed by atoms with E-state index in [9.17, 15) is 16.8 Å². The van der Waals surface area contributed by atoms with Gasteiger partial charge in [0.25, 0.3) is 0 Å². The molecule has 0 saturated heterocycles. The molecule has 7 nitrogen and oxygen atoms in total. The monoisotopic (exact) mass is 313 g/mol. The molecule has 0 aliphatic heterocycles. The standard InChI is InChI=1S/C8H15N3O4S3/c1-17(12,13)10-4-5-11-18(14,15)8-3-2-7(6-9)16-8/h2-3,10-11H,4-6,9H2,1H3. The van der Waals surface area contributed by atoms with Crippen LogP contribution in [0.25, 0.3) is 0 Å². The van der Waals surface area contributed by atoms with Crippen molar-refractivity contribution in [3.8, 4) is 0 Å². The molecule has 0 saturated carbocycles. The van der Waals surface area contributed by atoms with Crippen LogP contribution in [0, 0.1) is 0 Å². The molecule has 0 fully saturated rings. The molecule has 104 valence electrons. The van der Waals surface area contributed by atoms with Gasteiger partial charge in [-0.25, -0.2) is 26.3 Å². The second kappa shape index (κ2) is 6.08. The lowest BCUT2D eigenvalue weighted by Crippen LogP contribution is -2.33. The Balaban J connectivity index is 2.55. The van der Waals surface area contributed by atoms with Gasteiger partial charge >= 0.3 is 0 Å². The zero-order valence-corrected chi connectivity index (χ0v) is 12.2. The van der Waals surface area contributed by atoms with Crippen molar-refractivity contribution >= 4 is 31.4 Å². The van der Waals surface area contributed by atoms with Crippen LogP contribution >= 0.6 is 11.3 Å². The predicted molar refractivity (Wildman–Crippen MR) is 70.2 cm³/mol. The quantitative estimate of drug-likeness (QED) is 0.560. The average Bonchev–Trinajstić information content (AvgIpc) is 2.72. The van der Waals surface area contributed by atoms with Crippen molar-refractivity contribution in [2.45, 2.75) is 10.8 Å². The number of nitrogens with two attached hydrogens (primary N) is 1. The van der Waals surface area contributed by atoms with E-state index in [0.717, 1.165) is 22.5 Å². The largest absolute Gasteiger partial charge is 0.326 e. The van der Waals surface area contributed by atoms with Gasteiger partial charge in [-0.05, 0) is 12.1 Å². The molecule has 1 aromatic heterocycles. The lowest BCUT2D eigenvalue weighted by atomic mass is 10.5. The van der Waals surface area contributed by atoms with Gasteiger partial charge in [0.15, 0.2) is 0 Å². The van der Waals surface area contributed by atoms with Crippen LogP contribution in [-0.4, -0.2) is 36.2 Å². The minimum atomic E-state index is -3.59. The topological polar surface area (TPSA) is 118 Å². The van der Waals surface area contributed by atoms with Gasteiger partial charge in [-0.15, -0.1) is 11.3 Å². The number of nitrogens with one attached hydrogen (secondary N) is 2. The molecule has 0 radical (unpaired) electrons. The van der Waals surface area contributed by atoms with E-state index in [0.29, 0.717) is 0 Å². The molecule has 1 rings (SSSR count). The zero-order valence-electron chi connectivity index (χ0n) is 9.71. The summed E-state index contributed by atoms with van der Waals surface area (Å²) in [6, 6.07) is 3.12. The molecule has 10 heteroatoms. The van der Waals surface area contributed by atoms with Crippen molar-refractivity contribution < 1.29 is 16.8 Å². The highest BCUT2D eigenvalue weighted by atomic mass is 32.2. The molecule has 0 spiro atoms. The van der Waals surface area contributed by atoms with Gasteiger partial charge in [0.1, 0.15) is 4.21 Å². The van der Waals surface area contributed by atoms with Gasteiger partial charge in [0, 0.05) is 24.5 Å². The van der Waals surface area contributed by atoms with E-state index < -0.39 is 20.0 Å². The van der Waals surface area contributed by atoms with Crippen LogP contribution in [0.3, 0.4) is 0 Å². The summed E-state index contributed by atoms with van der Waals surface area (Å²) < 4.78 is 49.7. The van der Waals surface area contributed by atoms with Gasteiger partial charge in [-0.1, -0.05) is 0 Å². The van der Waals surface area contributed by atoms with E-state index in [2.05, 4.69) is 9.44 Å². The van der Waals surface area contributed by atoms with E-state index >= 15 is 0 Å². The summed E-state index contributed by atoms with van der Waals surface area (Å²) in [4.78, 5) is 0.768. The summed E-state index contributed by atoms with van der Waals surface area (Å²) in [5.41, 5.74) is 5.39. The predicted octanol–water partition coefficient (Wildman–Crippen LogP) is -0.966. The van der Waals surface area contributed by atoms with Crippen LogP contribution in [0.2, 0.25) is 0 Å². The number of rotatable bonds is 7. The first-order valence-corrected chi connectivity index (χ1v) is 9.17. The Morgan fingerprint density at radius 3 is 2.28 bits per heavy atom. The highest BCUT2D eigenvalue weighted by Gasteiger charge is 2.15. The Bertz CT molecular complexity index is 591. The molecule has 1 aromatic rings. The zero-order chi connectivity index (χ0) is 13.8. The molecule has 1 heterocycles. The van der Waals surface area contributed by atoms with Crippen LogP contribution in [0.5, 0.6) is 0 Å². The molecular formula is C8H15N3O4S3. The molecule has 0 amide bonds. The number of hydrogen-bond donors (Lipinski definition) is 3. The first-order valence-electron chi connectivity index (χ1n) is 4.98. The molecule has 0 atom stereocenters. The van der Waals surface area contributed by atoms with E-state index in [1.807, 2.05) is 0 Å². The first-order chi connectivity index (χ1) is 8.24. The van der Waals surface area contributed by atoms with Crippen LogP contribution < -0.4 is 15.2 Å². The molecule has 0 aromatic carbocycles. The third-order valence-corrected chi connectivity index (χ3v) is 5.67. The van der Waals surface area contributed by atoms with Crippen molar-refractivity contribution in [3.05, 3.63) is 17.0 Å². The van der Waals surface area contributed by atoms with Crippen molar-refractivity contribution in [2.75, 3.05) is 19.3 Å². The number of sulfonamides is 2. The van der Waals surface area contributed by atoms with E-state index in [-0.39, 0.29) is 23.8 Å². The fraction of sp³-hybridized carbons (Fsp3) is 0.500. The Morgan fingerprint density at radius 2 is 1.78 bits per heavy atom. The maximum atomic E-state index is 11.8. The summed E-state index contributed by atoms with van der Waals surface area (Å²) in [5.74, 6) is 0. The Morgan fingerprint density at radius 1 is 1.17 bits per heavy atom. The second-order valence-corrected chi connectivity index (χ2v) is 8.48. The van der Waals surface area contributed by atoms with Crippen LogP contribution in [0.1, 0.15) is 4.88 Å². The molecule has 0 aliphatic carbocycles. The lowest BCUT2D eigenvalue weighted by molar-refractivity contribution is 0.574. The van der Waals surface area contributed by atoms with E-state index in [4.69, 9.17) is 5.73 Å². The Labute approximate surface area is 110 Å². The SMILES string of the molecule is CS(=O)(=O)NCCNS(=O)(=O)c1ccc(CN)s1. The van der Waals surface area contributed by atoms with Crippen molar-refractivity contribution in [3.63, 3.8) is 0 Å². The van der Waals surface area contributed by atoms with Crippen LogP contribution in [0.15, 0.2) is 16.3 Å². The summed E-state index contributed by atoms with van der Waals surface area (Å²) in [7, 11) is -6.89. The summed E-state index contributed by atoms with van der Waals surface area (Å²) >= 11 is 1.09. The minimum absolute atomic E-state index is 0.00713. The summed E-state index contributed by atoms with van der Waals surface area (Å²) in [6.45, 7) is 0.286. The van der Waals surface area contributed by atoms with Crippen molar-refractivity contribution in [1.29, 1.82) is 0 Å². The maximum absolute atomic E-state index is 11.8. The Hall–Kier alpha value is -0.520. The number of hydrogen-bond acceptors (Lipinski definition) is 6. The summed E-state index contributed by atoms with van der Waals surface area (Å²) in [6.07, 6.45) is 1.01.